The molecular weight excluding hydrogens is 398 g/mol. The number of aliphatic hydroxyl groups excluding tert-OH is 2. The second kappa shape index (κ2) is 13.9. The average molecular weight is 434 g/mol. The van der Waals surface area contributed by atoms with Crippen LogP contribution in [0.1, 0.15) is 40.0 Å². The summed E-state index contributed by atoms with van der Waals surface area (Å²) in [6.45, 7) is 4.22. The molecule has 0 saturated heterocycles. The normalized spacial score (nSPS) is 16.1. The van der Waals surface area contributed by atoms with Gasteiger partial charge >= 0.3 is 5.97 Å². The lowest BCUT2D eigenvalue weighted by molar-refractivity contribution is -0.144. The monoisotopic (exact) mass is 433 g/mol. The van der Waals surface area contributed by atoms with Crippen molar-refractivity contribution in [2.24, 2.45) is 17.4 Å². The average Bonchev–Trinajstić information content (AvgIpc) is 2.67. The van der Waals surface area contributed by atoms with Crippen molar-refractivity contribution >= 4 is 23.7 Å². The van der Waals surface area contributed by atoms with E-state index in [9.17, 15) is 29.4 Å². The molecule has 0 aliphatic carbocycles. The van der Waals surface area contributed by atoms with Crippen LogP contribution >= 0.6 is 0 Å². The van der Waals surface area contributed by atoms with Crippen LogP contribution < -0.4 is 27.4 Å². The van der Waals surface area contributed by atoms with E-state index >= 15 is 0 Å². The van der Waals surface area contributed by atoms with Crippen molar-refractivity contribution in [1.82, 2.24) is 16.0 Å². The van der Waals surface area contributed by atoms with Crippen LogP contribution in [0.2, 0.25) is 0 Å². The van der Waals surface area contributed by atoms with Gasteiger partial charge < -0.3 is 42.7 Å². The molecule has 10 N–H and O–H groups in total. The Labute approximate surface area is 175 Å². The van der Waals surface area contributed by atoms with Gasteiger partial charge in [-0.15, -0.1) is 0 Å². The van der Waals surface area contributed by atoms with E-state index in [1.807, 2.05) is 0 Å². The second-order valence-corrected chi connectivity index (χ2v) is 7.43. The Bertz CT molecular complexity index is 585. The van der Waals surface area contributed by atoms with Crippen molar-refractivity contribution in [3.63, 3.8) is 0 Å². The number of carbonyl (C=O) groups is 4. The quantitative estimate of drug-likeness (QED) is 0.131. The number of rotatable bonds is 14. The highest BCUT2D eigenvalue weighted by Crippen LogP contribution is 2.06. The zero-order chi connectivity index (χ0) is 23.4. The first kappa shape index (κ1) is 27.7. The van der Waals surface area contributed by atoms with Gasteiger partial charge in [0.2, 0.25) is 17.7 Å². The van der Waals surface area contributed by atoms with Crippen molar-refractivity contribution in [3.8, 4) is 0 Å². The molecule has 0 aromatic rings. The molecule has 0 aliphatic heterocycles. The van der Waals surface area contributed by atoms with Gasteiger partial charge in [-0.1, -0.05) is 13.8 Å². The molecule has 0 rings (SSSR count). The number of nitrogens with one attached hydrogen (secondary N) is 3. The predicted molar refractivity (Wildman–Crippen MR) is 108 cm³/mol. The van der Waals surface area contributed by atoms with Gasteiger partial charge in [0.05, 0.1) is 12.7 Å². The summed E-state index contributed by atoms with van der Waals surface area (Å²) in [6, 6.07) is -4.97. The van der Waals surface area contributed by atoms with Crippen LogP contribution in [0.3, 0.4) is 0 Å². The molecule has 30 heavy (non-hydrogen) atoms. The number of unbranched alkanes of at least 4 members (excludes halogenated alkanes) is 1. The minimum absolute atomic E-state index is 0.185. The number of aliphatic carboxylic acids is 1. The third-order valence-corrected chi connectivity index (χ3v) is 4.41. The Morgan fingerprint density at radius 3 is 1.90 bits per heavy atom. The highest BCUT2D eigenvalue weighted by atomic mass is 16.4. The van der Waals surface area contributed by atoms with Gasteiger partial charge in [0, 0.05) is 0 Å². The molecule has 0 aliphatic rings. The van der Waals surface area contributed by atoms with Crippen molar-refractivity contribution in [1.29, 1.82) is 0 Å². The van der Waals surface area contributed by atoms with E-state index < -0.39 is 66.5 Å². The zero-order valence-corrected chi connectivity index (χ0v) is 17.6. The molecular formula is C18H35N5O7. The van der Waals surface area contributed by atoms with Crippen molar-refractivity contribution in [3.05, 3.63) is 0 Å². The number of nitrogens with two attached hydrogens (primary N) is 2. The number of aliphatic hydroxyl groups is 2. The summed E-state index contributed by atoms with van der Waals surface area (Å²) >= 11 is 0. The molecule has 0 aromatic carbocycles. The van der Waals surface area contributed by atoms with Crippen LogP contribution in [0.5, 0.6) is 0 Å². The van der Waals surface area contributed by atoms with Crippen LogP contribution in [0.25, 0.3) is 0 Å². The molecule has 0 saturated carbocycles. The van der Waals surface area contributed by atoms with E-state index in [4.69, 9.17) is 16.6 Å². The molecule has 12 heteroatoms. The highest BCUT2D eigenvalue weighted by Gasteiger charge is 2.33. The van der Waals surface area contributed by atoms with Gasteiger partial charge in [-0.2, -0.15) is 0 Å². The molecule has 0 radical (unpaired) electrons. The fraction of sp³-hybridized carbons (Fsp3) is 0.778. The molecule has 5 unspecified atom stereocenters. The first-order valence-corrected chi connectivity index (χ1v) is 9.84. The fourth-order valence-electron chi connectivity index (χ4n) is 2.54. The molecule has 5 atom stereocenters. The van der Waals surface area contributed by atoms with Gasteiger partial charge in [-0.25, -0.2) is 4.79 Å². The minimum atomic E-state index is -1.45. The molecule has 0 fully saturated rings. The first-order chi connectivity index (χ1) is 14.0. The standard InChI is InChI=1S/C18H35N5O7/c1-9(2)13(18(29)30)22-17(28)14(10(3)25)23-16(27)12(6-4-5-7-19)21-15(26)11(20)8-24/h9-14,24-25H,4-8,19-20H2,1-3H3,(H,21,26)(H,22,28)(H,23,27)(H,29,30). The third-order valence-electron chi connectivity index (χ3n) is 4.41. The number of hydrogen-bond acceptors (Lipinski definition) is 8. The summed E-state index contributed by atoms with van der Waals surface area (Å²) < 4.78 is 0. The fourth-order valence-corrected chi connectivity index (χ4v) is 2.54. The smallest absolute Gasteiger partial charge is 0.326 e. The van der Waals surface area contributed by atoms with Gasteiger partial charge in [0.1, 0.15) is 24.2 Å². The van der Waals surface area contributed by atoms with E-state index in [0.29, 0.717) is 19.4 Å². The molecule has 0 spiro atoms. The summed E-state index contributed by atoms with van der Waals surface area (Å²) in [7, 11) is 0. The number of carboxylic acids is 1. The maximum Gasteiger partial charge on any atom is 0.326 e. The number of amides is 3. The van der Waals surface area contributed by atoms with Gasteiger partial charge in [-0.3, -0.25) is 14.4 Å². The van der Waals surface area contributed by atoms with Crippen molar-refractivity contribution in [2.45, 2.75) is 70.3 Å². The minimum Gasteiger partial charge on any atom is -0.480 e. The SMILES string of the molecule is CC(C)C(NC(=O)C(NC(=O)C(CCCCN)NC(=O)C(N)CO)C(C)O)C(=O)O. The largest absolute Gasteiger partial charge is 0.480 e. The Hall–Kier alpha value is -2.28. The maximum absolute atomic E-state index is 12.7. The van der Waals surface area contributed by atoms with Crippen LogP contribution in [0.4, 0.5) is 0 Å². The summed E-state index contributed by atoms with van der Waals surface area (Å²) in [5.41, 5.74) is 10.9. The molecule has 0 heterocycles. The van der Waals surface area contributed by atoms with E-state index in [1.54, 1.807) is 13.8 Å². The lowest BCUT2D eigenvalue weighted by Crippen LogP contribution is -2.60. The van der Waals surface area contributed by atoms with Crippen molar-refractivity contribution < 1.29 is 34.5 Å². The van der Waals surface area contributed by atoms with Crippen LogP contribution in [0, 0.1) is 5.92 Å². The van der Waals surface area contributed by atoms with E-state index in [2.05, 4.69) is 16.0 Å². The van der Waals surface area contributed by atoms with E-state index in [0.717, 1.165) is 0 Å². The van der Waals surface area contributed by atoms with Gasteiger partial charge in [-0.05, 0) is 38.6 Å². The predicted octanol–water partition coefficient (Wildman–Crippen LogP) is -2.99. The molecule has 0 aromatic heterocycles. The lowest BCUT2D eigenvalue weighted by atomic mass is 10.0. The van der Waals surface area contributed by atoms with E-state index in [1.165, 1.54) is 6.92 Å². The summed E-state index contributed by atoms with van der Waals surface area (Å²) in [5, 5.41) is 35.2. The molecule has 12 nitrogen and oxygen atoms in total. The highest BCUT2D eigenvalue weighted by molar-refractivity contribution is 5.94. The topological polar surface area (TPSA) is 217 Å². The maximum atomic E-state index is 12.7. The van der Waals surface area contributed by atoms with Gasteiger partial charge in [0.15, 0.2) is 0 Å². The van der Waals surface area contributed by atoms with Crippen LogP contribution in [-0.4, -0.2) is 82.4 Å². The Balaban J connectivity index is 5.35. The molecule has 3 amide bonds. The van der Waals surface area contributed by atoms with Crippen LogP contribution in [-0.2, 0) is 19.2 Å². The Morgan fingerprint density at radius 2 is 1.47 bits per heavy atom. The zero-order valence-electron chi connectivity index (χ0n) is 17.6. The summed E-state index contributed by atoms with van der Waals surface area (Å²) in [5.74, 6) is -4.07. The molecule has 174 valence electrons. The number of hydrogen-bond donors (Lipinski definition) is 8. The number of carbonyl (C=O) groups excluding carboxylic acids is 3. The van der Waals surface area contributed by atoms with E-state index in [-0.39, 0.29) is 6.42 Å². The Kier molecular flexibility index (Phi) is 12.8. The lowest BCUT2D eigenvalue weighted by Gasteiger charge is -2.27. The van der Waals surface area contributed by atoms with Crippen LogP contribution in [0.15, 0.2) is 0 Å². The second-order valence-electron chi connectivity index (χ2n) is 7.43. The molecule has 0 bridgehead atoms. The Morgan fingerprint density at radius 1 is 0.900 bits per heavy atom. The summed E-state index contributed by atoms with van der Waals surface area (Å²) in [4.78, 5) is 48.5. The third kappa shape index (κ3) is 9.48. The number of carboxylic acid groups (broad SMARTS) is 1. The summed E-state index contributed by atoms with van der Waals surface area (Å²) in [6.07, 6.45) is -0.0787. The first-order valence-electron chi connectivity index (χ1n) is 9.84. The van der Waals surface area contributed by atoms with Gasteiger partial charge in [0.25, 0.3) is 0 Å². The van der Waals surface area contributed by atoms with Crippen molar-refractivity contribution in [2.75, 3.05) is 13.2 Å².